The minimum absolute atomic E-state index is 0.0294. The Labute approximate surface area is 162 Å². The molecule has 1 fully saturated rings. The van der Waals surface area contributed by atoms with Crippen LogP contribution in [0.4, 0.5) is 5.69 Å². The standard InChI is InChI=1S/C21H33N3O3/c1-4-12-23(13-5-2)14-8-11-22-21(26)17-15-20(25)24(16-17)18-9-6-7-10-19(18)27-3/h6-7,9-10,17H,4-5,8,11-16H2,1-3H3,(H,22,26). The summed E-state index contributed by atoms with van der Waals surface area (Å²) in [5.74, 6) is 0.290. The summed E-state index contributed by atoms with van der Waals surface area (Å²) in [5.41, 5.74) is 0.732. The van der Waals surface area contributed by atoms with E-state index in [0.717, 1.165) is 44.6 Å². The quantitative estimate of drug-likeness (QED) is 0.604. The van der Waals surface area contributed by atoms with E-state index in [2.05, 4.69) is 24.1 Å². The maximum absolute atomic E-state index is 12.5. The van der Waals surface area contributed by atoms with Gasteiger partial charge in [-0.25, -0.2) is 0 Å². The highest BCUT2D eigenvalue weighted by molar-refractivity contribution is 6.01. The highest BCUT2D eigenvalue weighted by Crippen LogP contribution is 2.32. The van der Waals surface area contributed by atoms with Gasteiger partial charge in [-0.2, -0.15) is 0 Å². The van der Waals surface area contributed by atoms with E-state index in [9.17, 15) is 9.59 Å². The molecule has 0 radical (unpaired) electrons. The predicted molar refractivity (Wildman–Crippen MR) is 108 cm³/mol. The van der Waals surface area contributed by atoms with Crippen LogP contribution in [0, 0.1) is 5.92 Å². The second-order valence-electron chi connectivity index (χ2n) is 7.06. The molecule has 1 aliphatic heterocycles. The SMILES string of the molecule is CCCN(CCC)CCCNC(=O)C1CC(=O)N(c2ccccc2OC)C1. The van der Waals surface area contributed by atoms with Crippen molar-refractivity contribution < 1.29 is 14.3 Å². The molecular formula is C21H33N3O3. The Morgan fingerprint density at radius 1 is 1.22 bits per heavy atom. The van der Waals surface area contributed by atoms with Gasteiger partial charge in [0.2, 0.25) is 11.8 Å². The summed E-state index contributed by atoms with van der Waals surface area (Å²) in [6.07, 6.45) is 3.48. The number of nitrogens with one attached hydrogen (secondary N) is 1. The number of carbonyl (C=O) groups is 2. The number of ether oxygens (including phenoxy) is 1. The smallest absolute Gasteiger partial charge is 0.227 e. The maximum atomic E-state index is 12.5. The van der Waals surface area contributed by atoms with E-state index in [4.69, 9.17) is 4.74 Å². The maximum Gasteiger partial charge on any atom is 0.227 e. The third kappa shape index (κ3) is 5.96. The van der Waals surface area contributed by atoms with Crippen LogP contribution in [-0.4, -0.2) is 56.5 Å². The van der Waals surface area contributed by atoms with Crippen LogP contribution < -0.4 is 15.0 Å². The lowest BCUT2D eigenvalue weighted by Crippen LogP contribution is -2.35. The fraction of sp³-hybridized carbons (Fsp3) is 0.619. The number of carbonyl (C=O) groups excluding carboxylic acids is 2. The lowest BCUT2D eigenvalue weighted by Gasteiger charge is -2.21. The van der Waals surface area contributed by atoms with E-state index in [0.29, 0.717) is 18.8 Å². The van der Waals surface area contributed by atoms with Gasteiger partial charge in [0.05, 0.1) is 18.7 Å². The Kier molecular flexibility index (Phi) is 8.58. The van der Waals surface area contributed by atoms with Gasteiger partial charge in [-0.1, -0.05) is 26.0 Å². The number of nitrogens with zero attached hydrogens (tertiary/aromatic N) is 2. The predicted octanol–water partition coefficient (Wildman–Crippen LogP) is 2.68. The van der Waals surface area contributed by atoms with Gasteiger partial charge in [-0.15, -0.1) is 0 Å². The molecule has 1 unspecified atom stereocenters. The van der Waals surface area contributed by atoms with Crippen molar-refractivity contribution in [2.45, 2.75) is 39.5 Å². The lowest BCUT2D eigenvalue weighted by molar-refractivity contribution is -0.126. The van der Waals surface area contributed by atoms with Crippen molar-refractivity contribution in [2.24, 2.45) is 5.92 Å². The average Bonchev–Trinajstić information content (AvgIpc) is 3.07. The van der Waals surface area contributed by atoms with Crippen molar-refractivity contribution in [3.8, 4) is 5.75 Å². The number of hydrogen-bond donors (Lipinski definition) is 1. The normalized spacial score (nSPS) is 16.8. The van der Waals surface area contributed by atoms with Crippen LogP contribution in [0.15, 0.2) is 24.3 Å². The van der Waals surface area contributed by atoms with Crippen LogP contribution in [0.5, 0.6) is 5.75 Å². The second-order valence-corrected chi connectivity index (χ2v) is 7.06. The molecule has 1 saturated heterocycles. The van der Waals surface area contributed by atoms with E-state index in [-0.39, 0.29) is 24.2 Å². The van der Waals surface area contributed by atoms with Crippen LogP contribution in [0.3, 0.4) is 0 Å². The Bertz CT molecular complexity index is 614. The zero-order valence-corrected chi connectivity index (χ0v) is 16.9. The number of methoxy groups -OCH3 is 1. The third-order valence-electron chi connectivity index (χ3n) is 4.90. The molecule has 1 heterocycles. The fourth-order valence-corrected chi connectivity index (χ4v) is 3.60. The number of rotatable bonds is 11. The fourth-order valence-electron chi connectivity index (χ4n) is 3.60. The first kappa shape index (κ1) is 21.2. The molecule has 1 atom stereocenters. The van der Waals surface area contributed by atoms with E-state index in [1.54, 1.807) is 12.0 Å². The van der Waals surface area contributed by atoms with Gasteiger partial charge in [-0.3, -0.25) is 9.59 Å². The van der Waals surface area contributed by atoms with Crippen molar-refractivity contribution in [1.82, 2.24) is 10.2 Å². The molecule has 6 heteroatoms. The number of para-hydroxylation sites is 2. The molecule has 150 valence electrons. The molecule has 1 aromatic carbocycles. The number of hydrogen-bond acceptors (Lipinski definition) is 4. The van der Waals surface area contributed by atoms with Crippen molar-refractivity contribution >= 4 is 17.5 Å². The monoisotopic (exact) mass is 375 g/mol. The van der Waals surface area contributed by atoms with Crippen LogP contribution in [0.1, 0.15) is 39.5 Å². The van der Waals surface area contributed by atoms with Crippen LogP contribution in [0.2, 0.25) is 0 Å². The highest BCUT2D eigenvalue weighted by atomic mass is 16.5. The summed E-state index contributed by atoms with van der Waals surface area (Å²) in [4.78, 5) is 29.0. The van der Waals surface area contributed by atoms with Gasteiger partial charge in [0.15, 0.2) is 0 Å². The molecule has 0 aliphatic carbocycles. The van der Waals surface area contributed by atoms with Gasteiger partial charge in [-0.05, 0) is 51.0 Å². The summed E-state index contributed by atoms with van der Waals surface area (Å²) < 4.78 is 5.34. The topological polar surface area (TPSA) is 61.9 Å². The second kappa shape index (κ2) is 10.9. The van der Waals surface area contributed by atoms with E-state index in [1.807, 2.05) is 24.3 Å². The van der Waals surface area contributed by atoms with Crippen molar-refractivity contribution in [3.05, 3.63) is 24.3 Å². The van der Waals surface area contributed by atoms with Crippen molar-refractivity contribution in [3.63, 3.8) is 0 Å². The van der Waals surface area contributed by atoms with Crippen molar-refractivity contribution in [2.75, 3.05) is 44.7 Å². The van der Waals surface area contributed by atoms with E-state index >= 15 is 0 Å². The minimum atomic E-state index is -0.301. The summed E-state index contributed by atoms with van der Waals surface area (Å²) >= 11 is 0. The molecule has 1 aromatic rings. The average molecular weight is 376 g/mol. The number of benzene rings is 1. The van der Waals surface area contributed by atoms with Crippen LogP contribution in [-0.2, 0) is 9.59 Å². The lowest BCUT2D eigenvalue weighted by atomic mass is 10.1. The van der Waals surface area contributed by atoms with Crippen LogP contribution in [0.25, 0.3) is 0 Å². The largest absolute Gasteiger partial charge is 0.495 e. The highest BCUT2D eigenvalue weighted by Gasteiger charge is 2.36. The Morgan fingerprint density at radius 2 is 1.93 bits per heavy atom. The number of amides is 2. The van der Waals surface area contributed by atoms with Gasteiger partial charge in [0.25, 0.3) is 0 Å². The molecule has 2 amide bonds. The molecule has 0 spiro atoms. The molecule has 0 aromatic heterocycles. The third-order valence-corrected chi connectivity index (χ3v) is 4.90. The molecule has 1 aliphatic rings. The zero-order chi connectivity index (χ0) is 19.6. The zero-order valence-electron chi connectivity index (χ0n) is 16.9. The first-order chi connectivity index (χ1) is 13.1. The molecule has 27 heavy (non-hydrogen) atoms. The Balaban J connectivity index is 1.81. The van der Waals surface area contributed by atoms with Gasteiger partial charge >= 0.3 is 0 Å². The van der Waals surface area contributed by atoms with Crippen LogP contribution >= 0.6 is 0 Å². The van der Waals surface area contributed by atoms with E-state index < -0.39 is 0 Å². The molecule has 2 rings (SSSR count). The Morgan fingerprint density at radius 3 is 2.59 bits per heavy atom. The van der Waals surface area contributed by atoms with Gasteiger partial charge in [0.1, 0.15) is 5.75 Å². The summed E-state index contributed by atoms with van der Waals surface area (Å²) in [6, 6.07) is 7.42. The minimum Gasteiger partial charge on any atom is -0.495 e. The summed E-state index contributed by atoms with van der Waals surface area (Å²) in [5, 5.41) is 3.01. The summed E-state index contributed by atoms with van der Waals surface area (Å²) in [6.45, 7) is 8.65. The Hall–Kier alpha value is -2.08. The first-order valence-corrected chi connectivity index (χ1v) is 10.0. The van der Waals surface area contributed by atoms with E-state index in [1.165, 1.54) is 0 Å². The van der Waals surface area contributed by atoms with Gasteiger partial charge < -0.3 is 19.9 Å². The molecule has 1 N–H and O–H groups in total. The molecule has 0 bridgehead atoms. The first-order valence-electron chi connectivity index (χ1n) is 10.0. The number of anilines is 1. The molecule has 6 nitrogen and oxygen atoms in total. The molecular weight excluding hydrogens is 342 g/mol. The molecule has 0 saturated carbocycles. The van der Waals surface area contributed by atoms with Crippen molar-refractivity contribution in [1.29, 1.82) is 0 Å². The summed E-state index contributed by atoms with van der Waals surface area (Å²) in [7, 11) is 1.59. The van der Waals surface area contributed by atoms with Gasteiger partial charge in [0, 0.05) is 19.5 Å².